The summed E-state index contributed by atoms with van der Waals surface area (Å²) in [5.74, 6) is 0. The Kier molecular flexibility index (Phi) is 8.05. The van der Waals surface area contributed by atoms with E-state index in [1.165, 1.54) is 87.4 Å². The zero-order valence-electron chi connectivity index (χ0n) is 38.8. The van der Waals surface area contributed by atoms with Crippen molar-refractivity contribution in [2.75, 3.05) is 0 Å². The van der Waals surface area contributed by atoms with Gasteiger partial charge in [-0.3, -0.25) is 0 Å². The topological polar surface area (TPSA) is 48.9 Å². The summed E-state index contributed by atoms with van der Waals surface area (Å²) in [7, 11) is -3.51. The lowest BCUT2D eigenvalue weighted by atomic mass is 9.83. The summed E-state index contributed by atoms with van der Waals surface area (Å²) in [6.07, 6.45) is 1.70. The summed E-state index contributed by atoms with van der Waals surface area (Å²) < 4.78 is 34.0. The average Bonchev–Trinajstić information content (AvgIpc) is 4.12. The number of hydrogen-bond acceptors (Lipinski definition) is 2. The van der Waals surface area contributed by atoms with Crippen molar-refractivity contribution < 1.29 is 8.42 Å². The maximum absolute atomic E-state index is 13.3. The predicted octanol–water partition coefficient (Wildman–Crippen LogP) is 16.1. The van der Waals surface area contributed by atoms with Crippen LogP contribution in [0.4, 0.5) is 0 Å². The third kappa shape index (κ3) is 5.55. The van der Waals surface area contributed by atoms with E-state index in [1.807, 2.05) is 18.2 Å². The number of nitrogens with zero attached hydrogens (tertiary/aromatic N) is 3. The van der Waals surface area contributed by atoms with E-state index in [4.69, 9.17) is 0 Å². The van der Waals surface area contributed by atoms with Crippen LogP contribution in [0.15, 0.2) is 234 Å². The van der Waals surface area contributed by atoms with Crippen LogP contribution in [0.3, 0.4) is 0 Å². The number of rotatable bonds is 4. The molecule has 14 aromatic rings. The normalized spacial score (nSPS) is 13.7. The van der Waals surface area contributed by atoms with Gasteiger partial charge in [0.05, 0.1) is 42.9 Å². The molecule has 0 atom stereocenters. The van der Waals surface area contributed by atoms with Crippen LogP contribution in [0.5, 0.6) is 0 Å². The first kappa shape index (κ1) is 39.8. The van der Waals surface area contributed by atoms with Gasteiger partial charge in [0.1, 0.15) is 0 Å². The van der Waals surface area contributed by atoms with Gasteiger partial charge < -0.3 is 13.7 Å². The molecule has 0 radical (unpaired) electrons. The van der Waals surface area contributed by atoms with Gasteiger partial charge in [-0.05, 0) is 148 Å². The van der Waals surface area contributed by atoms with Gasteiger partial charge in [-0.1, -0.05) is 133 Å². The standard InChI is InChI=1S/C66H41N3O2S/c70-72(71)65-20-10-5-15-55(65)58-37-43(24-30-66(58)72)40-21-22-41-32-46-35-47-36-48(25-23-42(47)33-45(46)34-44(41)31-40)67-63-28-26-49(68-59-16-6-1-11-51(59)52-12-2-7-17-60(52)68)38-56(63)57-39-50(27-29-64(57)67)69-61-18-8-3-13-53(61)54-14-4-9-19-62(54)69/h1-31,33,35-39H,32,34H2. The molecule has 11 aromatic carbocycles. The van der Waals surface area contributed by atoms with Crippen LogP contribution in [-0.2, 0) is 22.7 Å². The van der Waals surface area contributed by atoms with Crippen LogP contribution in [0.1, 0.15) is 22.3 Å². The van der Waals surface area contributed by atoms with Gasteiger partial charge in [-0.25, -0.2) is 8.42 Å². The van der Waals surface area contributed by atoms with E-state index in [2.05, 4.69) is 202 Å². The minimum Gasteiger partial charge on any atom is -0.309 e. The van der Waals surface area contributed by atoms with Gasteiger partial charge >= 0.3 is 0 Å². The van der Waals surface area contributed by atoms with Gasteiger partial charge in [0, 0.05) is 60.5 Å². The Morgan fingerprint density at radius 2 is 0.722 bits per heavy atom. The lowest BCUT2D eigenvalue weighted by Gasteiger charge is -2.22. The van der Waals surface area contributed by atoms with E-state index in [0.717, 1.165) is 63.2 Å². The first-order valence-corrected chi connectivity index (χ1v) is 26.1. The summed E-state index contributed by atoms with van der Waals surface area (Å²) in [6, 6.07) is 80.6. The molecule has 1 aliphatic carbocycles. The zero-order chi connectivity index (χ0) is 47.4. The lowest BCUT2D eigenvalue weighted by Crippen LogP contribution is -2.07. The van der Waals surface area contributed by atoms with E-state index in [9.17, 15) is 8.42 Å². The highest BCUT2D eigenvalue weighted by molar-refractivity contribution is 7.92. The third-order valence-corrected chi connectivity index (χ3v) is 17.7. The molecule has 0 N–H and O–H groups in total. The SMILES string of the molecule is O=S1(=O)c2ccccc2-c2cc(-c3ccc4c(c3)Cc3cc5ccc(-n6c7ccc(-n8c9ccccc9c9ccccc98)cc7c7cc(-n8c9ccccc9c9ccccc98)ccc76)cc5cc3C4)ccc21. The van der Waals surface area contributed by atoms with Crippen molar-refractivity contribution in [1.29, 1.82) is 0 Å². The smallest absolute Gasteiger partial charge is 0.207 e. The van der Waals surface area contributed by atoms with Crippen molar-refractivity contribution in [3.8, 4) is 39.3 Å². The zero-order valence-corrected chi connectivity index (χ0v) is 39.7. The van der Waals surface area contributed by atoms with E-state index >= 15 is 0 Å². The fraction of sp³-hybridized carbons (Fsp3) is 0.0303. The molecular weight excluding hydrogens is 899 g/mol. The second-order valence-corrected chi connectivity index (χ2v) is 21.6. The first-order chi connectivity index (χ1) is 35.4. The Morgan fingerprint density at radius 1 is 0.292 bits per heavy atom. The molecule has 338 valence electrons. The van der Waals surface area contributed by atoms with Crippen molar-refractivity contribution in [3.05, 3.63) is 247 Å². The molecule has 0 saturated carbocycles. The Morgan fingerprint density at radius 3 is 1.32 bits per heavy atom. The van der Waals surface area contributed by atoms with Crippen LogP contribution >= 0.6 is 0 Å². The van der Waals surface area contributed by atoms with Crippen molar-refractivity contribution >= 4 is 86.0 Å². The fourth-order valence-electron chi connectivity index (χ4n) is 12.6. The second kappa shape index (κ2) is 14.5. The summed E-state index contributed by atoms with van der Waals surface area (Å²) >= 11 is 0. The molecule has 3 aromatic heterocycles. The molecule has 6 heteroatoms. The molecule has 4 heterocycles. The highest BCUT2D eigenvalue weighted by Crippen LogP contribution is 2.46. The van der Waals surface area contributed by atoms with Crippen molar-refractivity contribution in [3.63, 3.8) is 0 Å². The number of aromatic nitrogens is 3. The van der Waals surface area contributed by atoms with E-state index in [0.29, 0.717) is 9.79 Å². The maximum atomic E-state index is 13.3. The molecule has 0 fully saturated rings. The summed E-state index contributed by atoms with van der Waals surface area (Å²) in [4.78, 5) is 0.783. The fourth-order valence-corrected chi connectivity index (χ4v) is 14.2. The van der Waals surface area contributed by atoms with Gasteiger partial charge in [-0.15, -0.1) is 0 Å². The van der Waals surface area contributed by atoms with E-state index in [1.54, 1.807) is 18.2 Å². The molecule has 2 aliphatic rings. The number of benzene rings is 11. The number of para-hydroxylation sites is 4. The molecule has 72 heavy (non-hydrogen) atoms. The van der Waals surface area contributed by atoms with Crippen LogP contribution in [-0.4, -0.2) is 22.1 Å². The van der Waals surface area contributed by atoms with Gasteiger partial charge in [0.2, 0.25) is 9.84 Å². The Labute approximate surface area is 414 Å². The summed E-state index contributed by atoms with van der Waals surface area (Å²) in [6.45, 7) is 0. The largest absolute Gasteiger partial charge is 0.309 e. The van der Waals surface area contributed by atoms with Crippen LogP contribution in [0.2, 0.25) is 0 Å². The number of fused-ring (bicyclic) bond motifs is 15. The van der Waals surface area contributed by atoms with Gasteiger partial charge in [0.15, 0.2) is 0 Å². The number of hydrogen-bond donors (Lipinski definition) is 0. The monoisotopic (exact) mass is 939 g/mol. The quantitative estimate of drug-likeness (QED) is 0.177. The first-order valence-electron chi connectivity index (χ1n) is 24.6. The highest BCUT2D eigenvalue weighted by atomic mass is 32.2. The average molecular weight is 940 g/mol. The summed E-state index contributed by atoms with van der Waals surface area (Å²) in [5.41, 5.74) is 19.5. The van der Waals surface area contributed by atoms with Gasteiger partial charge in [-0.2, -0.15) is 0 Å². The lowest BCUT2D eigenvalue weighted by molar-refractivity contribution is 0.598. The maximum Gasteiger partial charge on any atom is 0.207 e. The van der Waals surface area contributed by atoms with Crippen LogP contribution < -0.4 is 0 Å². The molecule has 0 bridgehead atoms. The van der Waals surface area contributed by atoms with Crippen LogP contribution in [0.25, 0.3) is 116 Å². The van der Waals surface area contributed by atoms with Gasteiger partial charge in [0.25, 0.3) is 0 Å². The molecule has 1 aliphatic heterocycles. The summed E-state index contributed by atoms with van der Waals surface area (Å²) in [5, 5.41) is 9.83. The molecule has 0 unspecified atom stereocenters. The van der Waals surface area contributed by atoms with Crippen molar-refractivity contribution in [2.45, 2.75) is 22.6 Å². The van der Waals surface area contributed by atoms with Crippen molar-refractivity contribution in [2.24, 2.45) is 0 Å². The molecule has 0 saturated heterocycles. The molecule has 0 amide bonds. The minimum absolute atomic E-state index is 0.391. The second-order valence-electron chi connectivity index (χ2n) is 19.7. The third-order valence-electron chi connectivity index (χ3n) is 15.8. The molecule has 16 rings (SSSR count). The molecule has 0 spiro atoms. The van der Waals surface area contributed by atoms with Crippen molar-refractivity contribution in [1.82, 2.24) is 13.7 Å². The predicted molar refractivity (Wildman–Crippen MR) is 295 cm³/mol. The number of sulfone groups is 1. The Balaban J connectivity index is 0.827. The van der Waals surface area contributed by atoms with Crippen LogP contribution in [0, 0.1) is 0 Å². The van der Waals surface area contributed by atoms with E-state index in [-0.39, 0.29) is 0 Å². The molecular formula is C66H41N3O2S. The van der Waals surface area contributed by atoms with E-state index < -0.39 is 9.84 Å². The molecule has 5 nitrogen and oxygen atoms in total. The highest BCUT2D eigenvalue weighted by Gasteiger charge is 2.33. The minimum atomic E-state index is -3.51. The Bertz CT molecular complexity index is 4560. The Hall–Kier alpha value is -8.97.